The highest BCUT2D eigenvalue weighted by Gasteiger charge is 2.26. The quantitative estimate of drug-likeness (QED) is 0.608. The summed E-state index contributed by atoms with van der Waals surface area (Å²) in [7, 11) is 0. The van der Waals surface area contributed by atoms with Crippen LogP contribution in [-0.2, 0) is 4.74 Å². The third-order valence-electron chi connectivity index (χ3n) is 6.82. The van der Waals surface area contributed by atoms with Gasteiger partial charge in [-0.3, -0.25) is 0 Å². The molecular formula is C22H41NO. The molecule has 0 bridgehead atoms. The van der Waals surface area contributed by atoms with Crippen LogP contribution < -0.4 is 0 Å². The van der Waals surface area contributed by atoms with Gasteiger partial charge >= 0.3 is 0 Å². The van der Waals surface area contributed by atoms with Crippen LogP contribution in [0, 0.1) is 11.8 Å². The summed E-state index contributed by atoms with van der Waals surface area (Å²) in [5, 5.41) is 0. The lowest BCUT2D eigenvalue weighted by Gasteiger charge is -2.34. The van der Waals surface area contributed by atoms with Gasteiger partial charge in [0.05, 0.1) is 12.2 Å². The van der Waals surface area contributed by atoms with Gasteiger partial charge in [0.25, 0.3) is 0 Å². The van der Waals surface area contributed by atoms with Crippen molar-refractivity contribution in [3.63, 3.8) is 0 Å². The maximum Gasteiger partial charge on any atom is 0.0677 e. The monoisotopic (exact) mass is 335 g/mol. The van der Waals surface area contributed by atoms with Crippen molar-refractivity contribution < 1.29 is 4.74 Å². The summed E-state index contributed by atoms with van der Waals surface area (Å²) in [5.74, 6) is 2.07. The molecule has 3 aliphatic rings. The van der Waals surface area contributed by atoms with Gasteiger partial charge in [-0.25, -0.2) is 0 Å². The highest BCUT2D eigenvalue weighted by Crippen LogP contribution is 2.36. The molecule has 1 unspecified atom stereocenters. The van der Waals surface area contributed by atoms with Gasteiger partial charge in [-0.2, -0.15) is 0 Å². The summed E-state index contributed by atoms with van der Waals surface area (Å²) >= 11 is 0. The number of rotatable bonds is 6. The molecule has 3 rings (SSSR count). The predicted octanol–water partition coefficient (Wildman–Crippen LogP) is 5.80. The summed E-state index contributed by atoms with van der Waals surface area (Å²) in [6, 6.07) is 0. The second-order valence-corrected chi connectivity index (χ2v) is 9.04. The van der Waals surface area contributed by atoms with Crippen molar-refractivity contribution in [3.05, 3.63) is 0 Å². The Labute approximate surface area is 150 Å². The van der Waals surface area contributed by atoms with E-state index in [1.54, 1.807) is 0 Å². The van der Waals surface area contributed by atoms with Crippen molar-refractivity contribution in [1.29, 1.82) is 0 Å². The smallest absolute Gasteiger partial charge is 0.0677 e. The number of likely N-dealkylation sites (tertiary alicyclic amines) is 1. The lowest BCUT2D eigenvalue weighted by atomic mass is 9.77. The first kappa shape index (κ1) is 18.7. The molecule has 0 radical (unpaired) electrons. The SMILES string of the molecule is CC(CN1CCCCCC1)OC1CCC(CC2CCCCC2)CC1. The van der Waals surface area contributed by atoms with Crippen molar-refractivity contribution in [2.75, 3.05) is 19.6 Å². The maximum atomic E-state index is 6.43. The molecule has 0 aromatic heterocycles. The van der Waals surface area contributed by atoms with Gasteiger partial charge in [0.15, 0.2) is 0 Å². The minimum atomic E-state index is 0.419. The Kier molecular flexibility index (Phi) is 7.92. The first-order chi connectivity index (χ1) is 11.8. The zero-order chi connectivity index (χ0) is 16.6. The van der Waals surface area contributed by atoms with Crippen LogP contribution in [-0.4, -0.2) is 36.7 Å². The van der Waals surface area contributed by atoms with E-state index in [2.05, 4.69) is 11.8 Å². The molecule has 0 spiro atoms. The van der Waals surface area contributed by atoms with E-state index in [0.29, 0.717) is 12.2 Å². The first-order valence-corrected chi connectivity index (χ1v) is 11.2. The van der Waals surface area contributed by atoms with Crippen LogP contribution in [0.15, 0.2) is 0 Å². The van der Waals surface area contributed by atoms with E-state index in [0.717, 1.165) is 18.4 Å². The van der Waals surface area contributed by atoms with Gasteiger partial charge in [-0.05, 0) is 76.8 Å². The van der Waals surface area contributed by atoms with Crippen LogP contribution in [0.1, 0.15) is 96.8 Å². The molecule has 1 heterocycles. The standard InChI is InChI=1S/C22H41NO/c1-19(18-23-15-7-2-3-8-16-23)24-22-13-11-21(12-14-22)17-20-9-5-4-6-10-20/h19-22H,2-18H2,1H3. The Balaban J connectivity index is 1.31. The molecule has 3 fully saturated rings. The number of hydrogen-bond acceptors (Lipinski definition) is 2. The molecular weight excluding hydrogens is 294 g/mol. The first-order valence-electron chi connectivity index (χ1n) is 11.2. The fourth-order valence-electron chi connectivity index (χ4n) is 5.45. The van der Waals surface area contributed by atoms with Crippen molar-refractivity contribution in [2.45, 2.75) is 109 Å². The van der Waals surface area contributed by atoms with Crippen molar-refractivity contribution in [2.24, 2.45) is 11.8 Å². The third-order valence-corrected chi connectivity index (χ3v) is 6.82. The summed E-state index contributed by atoms with van der Waals surface area (Å²) in [6.07, 6.45) is 21.1. The van der Waals surface area contributed by atoms with Gasteiger partial charge in [0.2, 0.25) is 0 Å². The van der Waals surface area contributed by atoms with Crippen LogP contribution in [0.2, 0.25) is 0 Å². The van der Waals surface area contributed by atoms with E-state index in [9.17, 15) is 0 Å². The Morgan fingerprint density at radius 3 is 2.00 bits per heavy atom. The highest BCUT2D eigenvalue weighted by atomic mass is 16.5. The molecule has 2 nitrogen and oxygen atoms in total. The van der Waals surface area contributed by atoms with E-state index < -0.39 is 0 Å². The van der Waals surface area contributed by atoms with Gasteiger partial charge in [-0.15, -0.1) is 0 Å². The van der Waals surface area contributed by atoms with Crippen LogP contribution in [0.25, 0.3) is 0 Å². The molecule has 0 aromatic rings. The Bertz CT molecular complexity index is 323. The second kappa shape index (κ2) is 10.2. The van der Waals surface area contributed by atoms with Gasteiger partial charge in [0.1, 0.15) is 0 Å². The summed E-state index contributed by atoms with van der Waals surface area (Å²) in [4.78, 5) is 2.65. The number of ether oxygens (including phenoxy) is 1. The molecule has 2 saturated carbocycles. The van der Waals surface area contributed by atoms with E-state index in [4.69, 9.17) is 4.74 Å². The molecule has 1 aliphatic heterocycles. The molecule has 140 valence electrons. The minimum absolute atomic E-state index is 0.419. The maximum absolute atomic E-state index is 6.43. The molecule has 2 aliphatic carbocycles. The lowest BCUT2D eigenvalue weighted by Crippen LogP contribution is -2.36. The largest absolute Gasteiger partial charge is 0.374 e. The van der Waals surface area contributed by atoms with E-state index >= 15 is 0 Å². The summed E-state index contributed by atoms with van der Waals surface area (Å²) in [6.45, 7) is 6.05. The Hall–Kier alpha value is -0.0800. The third kappa shape index (κ3) is 6.33. The average Bonchev–Trinajstić information content (AvgIpc) is 2.86. The molecule has 1 atom stereocenters. The minimum Gasteiger partial charge on any atom is -0.374 e. The predicted molar refractivity (Wildman–Crippen MR) is 102 cm³/mol. The Morgan fingerprint density at radius 2 is 1.33 bits per heavy atom. The van der Waals surface area contributed by atoms with E-state index in [1.165, 1.54) is 103 Å². The topological polar surface area (TPSA) is 12.5 Å². The van der Waals surface area contributed by atoms with Crippen LogP contribution in [0.3, 0.4) is 0 Å². The molecule has 0 amide bonds. The van der Waals surface area contributed by atoms with Crippen molar-refractivity contribution >= 4 is 0 Å². The summed E-state index contributed by atoms with van der Waals surface area (Å²) < 4.78 is 6.43. The Morgan fingerprint density at radius 1 is 0.750 bits per heavy atom. The molecule has 0 aromatic carbocycles. The fourth-order valence-corrected chi connectivity index (χ4v) is 5.45. The molecule has 2 heteroatoms. The molecule has 24 heavy (non-hydrogen) atoms. The van der Waals surface area contributed by atoms with Gasteiger partial charge in [-0.1, -0.05) is 44.9 Å². The van der Waals surface area contributed by atoms with Crippen LogP contribution in [0.5, 0.6) is 0 Å². The van der Waals surface area contributed by atoms with Gasteiger partial charge in [0, 0.05) is 6.54 Å². The normalized spacial score (nSPS) is 32.4. The van der Waals surface area contributed by atoms with Crippen LogP contribution >= 0.6 is 0 Å². The van der Waals surface area contributed by atoms with Crippen LogP contribution in [0.4, 0.5) is 0 Å². The number of nitrogens with zero attached hydrogens (tertiary/aromatic N) is 1. The van der Waals surface area contributed by atoms with E-state index in [1.807, 2.05) is 0 Å². The molecule has 0 N–H and O–H groups in total. The average molecular weight is 336 g/mol. The van der Waals surface area contributed by atoms with Gasteiger partial charge < -0.3 is 9.64 Å². The fraction of sp³-hybridized carbons (Fsp3) is 1.00. The van der Waals surface area contributed by atoms with E-state index in [-0.39, 0.29) is 0 Å². The second-order valence-electron chi connectivity index (χ2n) is 9.04. The number of hydrogen-bond donors (Lipinski definition) is 0. The summed E-state index contributed by atoms with van der Waals surface area (Å²) in [5.41, 5.74) is 0. The molecule has 1 saturated heterocycles. The highest BCUT2D eigenvalue weighted by molar-refractivity contribution is 4.78. The zero-order valence-electron chi connectivity index (χ0n) is 16.2. The zero-order valence-corrected chi connectivity index (χ0v) is 16.2. The van der Waals surface area contributed by atoms with Crippen molar-refractivity contribution in [1.82, 2.24) is 4.90 Å². The van der Waals surface area contributed by atoms with Crippen molar-refractivity contribution in [3.8, 4) is 0 Å². The lowest BCUT2D eigenvalue weighted by molar-refractivity contribution is -0.0423.